The van der Waals surface area contributed by atoms with Crippen LogP contribution in [-0.2, 0) is 0 Å². The molecule has 154 valence electrons. The van der Waals surface area contributed by atoms with E-state index < -0.39 is 28.9 Å². The third kappa shape index (κ3) is 4.11. The van der Waals surface area contributed by atoms with E-state index in [-0.39, 0.29) is 22.0 Å². The molecule has 1 heterocycles. The van der Waals surface area contributed by atoms with Crippen LogP contribution in [0.15, 0.2) is 47.3 Å². The Morgan fingerprint density at radius 2 is 1.93 bits per heavy atom. The number of aryl methyl sites for hydroxylation is 1. The molecule has 0 aliphatic carbocycles. The third-order valence-corrected chi connectivity index (χ3v) is 4.45. The Bertz CT molecular complexity index is 1220. The van der Waals surface area contributed by atoms with Gasteiger partial charge in [0.1, 0.15) is 11.3 Å². The summed E-state index contributed by atoms with van der Waals surface area (Å²) < 4.78 is 6.00. The van der Waals surface area contributed by atoms with Crippen LogP contribution in [0.25, 0.3) is 5.69 Å². The highest BCUT2D eigenvalue weighted by Gasteiger charge is 2.20. The van der Waals surface area contributed by atoms with Crippen molar-refractivity contribution in [2.75, 3.05) is 12.4 Å². The maximum Gasteiger partial charge on any atom is 0.339 e. The van der Waals surface area contributed by atoms with Crippen molar-refractivity contribution in [3.05, 3.63) is 74.7 Å². The molecule has 0 unspecified atom stereocenters. The molecule has 3 rings (SSSR count). The largest absolute Gasteiger partial charge is 0.505 e. The number of aromatic nitrogens is 2. The maximum atomic E-state index is 12.7. The average Bonchev–Trinajstić information content (AvgIpc) is 2.69. The standard InChI is InChI=1S/C20H16ClN3O6/c1-10-4-3-5-11(6-10)24-17(26)9-15(25)18(23-24)19(27)22-14-8-16(30-2)12(20(28)29)7-13(14)21/h3-9,25H,1-2H3,(H,22,27)(H,28,29). The summed E-state index contributed by atoms with van der Waals surface area (Å²) >= 11 is 6.07. The fraction of sp³-hybridized carbons (Fsp3) is 0.100. The lowest BCUT2D eigenvalue weighted by molar-refractivity contribution is 0.0693. The van der Waals surface area contributed by atoms with Gasteiger partial charge < -0.3 is 20.3 Å². The summed E-state index contributed by atoms with van der Waals surface area (Å²) in [5.74, 6) is -2.76. The molecular formula is C20H16ClN3O6. The predicted octanol–water partition coefficient (Wildman–Crippen LogP) is 2.86. The molecule has 10 heteroatoms. The number of aromatic carboxylic acids is 1. The van der Waals surface area contributed by atoms with E-state index in [0.29, 0.717) is 5.69 Å². The third-order valence-electron chi connectivity index (χ3n) is 4.14. The van der Waals surface area contributed by atoms with Crippen LogP contribution in [0.2, 0.25) is 5.02 Å². The van der Waals surface area contributed by atoms with Gasteiger partial charge in [-0.15, -0.1) is 0 Å². The first-order valence-corrected chi connectivity index (χ1v) is 8.91. The maximum absolute atomic E-state index is 12.7. The van der Waals surface area contributed by atoms with Crippen LogP contribution in [0.1, 0.15) is 26.4 Å². The van der Waals surface area contributed by atoms with Crippen molar-refractivity contribution < 1.29 is 24.5 Å². The zero-order chi connectivity index (χ0) is 22.0. The van der Waals surface area contributed by atoms with Crippen LogP contribution in [0, 0.1) is 6.92 Å². The number of benzene rings is 2. The number of carbonyl (C=O) groups is 2. The van der Waals surface area contributed by atoms with Gasteiger partial charge in [-0.3, -0.25) is 9.59 Å². The molecule has 1 aromatic heterocycles. The molecule has 0 fully saturated rings. The van der Waals surface area contributed by atoms with Crippen molar-refractivity contribution >= 4 is 29.2 Å². The van der Waals surface area contributed by atoms with Crippen molar-refractivity contribution in [2.45, 2.75) is 6.92 Å². The van der Waals surface area contributed by atoms with Crippen LogP contribution in [-0.4, -0.2) is 39.0 Å². The summed E-state index contributed by atoms with van der Waals surface area (Å²) in [5, 5.41) is 25.6. The van der Waals surface area contributed by atoms with E-state index in [1.165, 1.54) is 13.2 Å². The number of hydrogen-bond acceptors (Lipinski definition) is 6. The van der Waals surface area contributed by atoms with E-state index in [1.54, 1.807) is 18.2 Å². The second-order valence-corrected chi connectivity index (χ2v) is 6.67. The first kappa shape index (κ1) is 20.9. The second-order valence-electron chi connectivity index (χ2n) is 6.26. The molecule has 0 saturated heterocycles. The lowest BCUT2D eigenvalue weighted by atomic mass is 10.1. The topological polar surface area (TPSA) is 131 Å². The molecule has 0 radical (unpaired) electrons. The summed E-state index contributed by atoms with van der Waals surface area (Å²) in [5.41, 5.74) is 0.0957. The number of nitrogens with zero attached hydrogens (tertiary/aromatic N) is 2. The number of carboxylic acids is 1. The highest BCUT2D eigenvalue weighted by Crippen LogP contribution is 2.31. The summed E-state index contributed by atoms with van der Waals surface area (Å²) in [7, 11) is 1.27. The summed E-state index contributed by atoms with van der Waals surface area (Å²) in [6.07, 6.45) is 0. The SMILES string of the molecule is COc1cc(NC(=O)c2nn(-c3cccc(C)c3)c(=O)cc2O)c(Cl)cc1C(=O)O. The number of hydrogen-bond donors (Lipinski definition) is 3. The van der Waals surface area contributed by atoms with E-state index >= 15 is 0 Å². The smallest absolute Gasteiger partial charge is 0.339 e. The fourth-order valence-electron chi connectivity index (χ4n) is 2.72. The number of ether oxygens (including phenoxy) is 1. The van der Waals surface area contributed by atoms with Gasteiger partial charge in [0.2, 0.25) is 0 Å². The van der Waals surface area contributed by atoms with Crippen LogP contribution in [0.4, 0.5) is 5.69 Å². The Kier molecular flexibility index (Phi) is 5.74. The molecule has 0 aliphatic heterocycles. The highest BCUT2D eigenvalue weighted by atomic mass is 35.5. The molecule has 0 bridgehead atoms. The minimum absolute atomic E-state index is 0.0240. The number of amides is 1. The Morgan fingerprint density at radius 3 is 2.57 bits per heavy atom. The van der Waals surface area contributed by atoms with Gasteiger partial charge in [0.25, 0.3) is 11.5 Å². The predicted molar refractivity (Wildman–Crippen MR) is 109 cm³/mol. The molecule has 3 N–H and O–H groups in total. The summed E-state index contributed by atoms with van der Waals surface area (Å²) in [6, 6.07) is 10.1. The molecule has 0 aliphatic rings. The minimum atomic E-state index is -1.25. The molecule has 0 saturated carbocycles. The molecule has 1 amide bonds. The van der Waals surface area contributed by atoms with Crippen LogP contribution in [0.5, 0.6) is 11.5 Å². The molecule has 2 aromatic carbocycles. The van der Waals surface area contributed by atoms with Gasteiger partial charge in [-0.2, -0.15) is 9.78 Å². The van der Waals surface area contributed by atoms with Gasteiger partial charge in [-0.1, -0.05) is 23.7 Å². The molecular weight excluding hydrogens is 414 g/mol. The number of aromatic hydroxyl groups is 1. The van der Waals surface area contributed by atoms with Gasteiger partial charge in [0.15, 0.2) is 11.4 Å². The molecule has 30 heavy (non-hydrogen) atoms. The first-order valence-electron chi connectivity index (χ1n) is 8.54. The van der Waals surface area contributed by atoms with Gasteiger partial charge in [-0.05, 0) is 30.7 Å². The van der Waals surface area contributed by atoms with E-state index in [4.69, 9.17) is 16.3 Å². The second kappa shape index (κ2) is 8.26. The number of nitrogens with one attached hydrogen (secondary N) is 1. The van der Waals surface area contributed by atoms with Gasteiger partial charge in [0, 0.05) is 12.1 Å². The molecule has 9 nitrogen and oxygen atoms in total. The minimum Gasteiger partial charge on any atom is -0.505 e. The highest BCUT2D eigenvalue weighted by molar-refractivity contribution is 6.34. The lowest BCUT2D eigenvalue weighted by Gasteiger charge is -2.13. The van der Waals surface area contributed by atoms with Crippen LogP contribution in [0.3, 0.4) is 0 Å². The van der Waals surface area contributed by atoms with Crippen molar-refractivity contribution in [3.63, 3.8) is 0 Å². The van der Waals surface area contributed by atoms with Crippen molar-refractivity contribution in [2.24, 2.45) is 0 Å². The van der Waals surface area contributed by atoms with E-state index in [1.807, 2.05) is 13.0 Å². The zero-order valence-electron chi connectivity index (χ0n) is 15.8. The monoisotopic (exact) mass is 429 g/mol. The van der Waals surface area contributed by atoms with Gasteiger partial charge >= 0.3 is 5.97 Å². The number of carbonyl (C=O) groups excluding carboxylic acids is 1. The van der Waals surface area contributed by atoms with Gasteiger partial charge in [0.05, 0.1) is 23.5 Å². The fourth-order valence-corrected chi connectivity index (χ4v) is 2.93. The Morgan fingerprint density at radius 1 is 1.20 bits per heavy atom. The number of rotatable bonds is 5. The van der Waals surface area contributed by atoms with Crippen molar-refractivity contribution in [3.8, 4) is 17.2 Å². The van der Waals surface area contributed by atoms with Crippen LogP contribution < -0.4 is 15.6 Å². The van der Waals surface area contributed by atoms with E-state index in [9.17, 15) is 24.6 Å². The van der Waals surface area contributed by atoms with E-state index in [2.05, 4.69) is 10.4 Å². The molecule has 0 atom stereocenters. The average molecular weight is 430 g/mol. The van der Waals surface area contributed by atoms with Crippen molar-refractivity contribution in [1.29, 1.82) is 0 Å². The molecule has 3 aromatic rings. The normalized spacial score (nSPS) is 10.5. The quantitative estimate of drug-likeness (QED) is 0.568. The van der Waals surface area contributed by atoms with Crippen LogP contribution >= 0.6 is 11.6 Å². The molecule has 0 spiro atoms. The number of carboxylic acid groups (broad SMARTS) is 1. The Balaban J connectivity index is 2.01. The Labute approximate surface area is 175 Å². The van der Waals surface area contributed by atoms with Crippen molar-refractivity contribution in [1.82, 2.24) is 9.78 Å². The summed E-state index contributed by atoms with van der Waals surface area (Å²) in [6.45, 7) is 1.83. The number of halogens is 1. The van der Waals surface area contributed by atoms with E-state index in [0.717, 1.165) is 22.4 Å². The lowest BCUT2D eigenvalue weighted by Crippen LogP contribution is -2.25. The zero-order valence-corrected chi connectivity index (χ0v) is 16.6. The summed E-state index contributed by atoms with van der Waals surface area (Å²) in [4.78, 5) is 36.2. The van der Waals surface area contributed by atoms with Gasteiger partial charge in [-0.25, -0.2) is 4.79 Å². The number of methoxy groups -OCH3 is 1. The number of anilines is 1. The Hall–Kier alpha value is -3.85. The first-order chi connectivity index (χ1) is 14.2.